The summed E-state index contributed by atoms with van der Waals surface area (Å²) >= 11 is 0. The molecule has 1 heterocycles. The Hall–Kier alpha value is -2.34. The van der Waals surface area contributed by atoms with Gasteiger partial charge in [-0.25, -0.2) is 5.48 Å². The molecule has 0 bridgehead atoms. The van der Waals surface area contributed by atoms with E-state index in [1.165, 1.54) is 11.7 Å². The van der Waals surface area contributed by atoms with Crippen molar-refractivity contribution in [3.05, 3.63) is 36.2 Å². The Morgan fingerprint density at radius 3 is 2.71 bits per heavy atom. The zero-order chi connectivity index (χ0) is 12.3. The van der Waals surface area contributed by atoms with Gasteiger partial charge in [-0.15, -0.1) is 0 Å². The first-order valence-electron chi connectivity index (χ1n) is 4.79. The van der Waals surface area contributed by atoms with Crippen LogP contribution in [0.1, 0.15) is 10.5 Å². The topological polar surface area (TPSA) is 84.6 Å². The van der Waals surface area contributed by atoms with Crippen LogP contribution in [-0.2, 0) is 0 Å². The Bertz CT molecular complexity index is 519. The predicted molar refractivity (Wildman–Crippen MR) is 57.7 cm³/mol. The Morgan fingerprint density at radius 1 is 1.41 bits per heavy atom. The molecule has 0 saturated carbocycles. The first-order chi connectivity index (χ1) is 8.26. The highest BCUT2D eigenvalue weighted by atomic mass is 16.5. The summed E-state index contributed by atoms with van der Waals surface area (Å²) < 4.78 is 9.75. The molecule has 0 unspecified atom stereocenters. The molecule has 0 fully saturated rings. The highest BCUT2D eigenvalue weighted by Crippen LogP contribution is 2.25. The van der Waals surface area contributed by atoms with Crippen LogP contribution < -0.4 is 10.2 Å². The number of methoxy groups -OCH3 is 1. The highest BCUT2D eigenvalue weighted by molar-refractivity contribution is 5.97. The Morgan fingerprint density at radius 2 is 2.12 bits per heavy atom. The van der Waals surface area contributed by atoms with E-state index in [-0.39, 0.29) is 5.69 Å². The molecule has 2 aromatic rings. The summed E-state index contributed by atoms with van der Waals surface area (Å²) in [6.07, 6.45) is 1.34. The number of rotatable bonds is 3. The normalized spacial score (nSPS) is 10.0. The van der Waals surface area contributed by atoms with E-state index in [0.29, 0.717) is 11.3 Å². The number of hydrogen-bond acceptors (Lipinski definition) is 5. The molecule has 2 N–H and O–H groups in total. The van der Waals surface area contributed by atoms with Crippen LogP contribution in [0.25, 0.3) is 11.1 Å². The minimum absolute atomic E-state index is 0.0256. The zero-order valence-electron chi connectivity index (χ0n) is 9.01. The molecular weight excluding hydrogens is 224 g/mol. The molecule has 0 atom stereocenters. The zero-order valence-corrected chi connectivity index (χ0v) is 9.01. The maximum absolute atomic E-state index is 11.3. The Balaban J connectivity index is 2.39. The van der Waals surface area contributed by atoms with E-state index < -0.39 is 5.91 Å². The van der Waals surface area contributed by atoms with Gasteiger partial charge < -0.3 is 9.26 Å². The summed E-state index contributed by atoms with van der Waals surface area (Å²) in [6.45, 7) is 0. The number of ether oxygens (including phenoxy) is 1. The number of amides is 1. The van der Waals surface area contributed by atoms with Gasteiger partial charge in [-0.05, 0) is 17.7 Å². The van der Waals surface area contributed by atoms with Crippen LogP contribution in [0.2, 0.25) is 0 Å². The number of carbonyl (C=O) groups excluding carboxylic acids is 1. The maximum Gasteiger partial charge on any atom is 0.297 e. The van der Waals surface area contributed by atoms with Gasteiger partial charge in [0.2, 0.25) is 0 Å². The smallest absolute Gasteiger partial charge is 0.297 e. The number of nitrogens with one attached hydrogen (secondary N) is 1. The van der Waals surface area contributed by atoms with E-state index in [1.807, 2.05) is 0 Å². The van der Waals surface area contributed by atoms with Gasteiger partial charge >= 0.3 is 0 Å². The predicted octanol–water partition coefficient (Wildman–Crippen LogP) is 1.47. The molecule has 2 rings (SSSR count). The number of benzene rings is 1. The first kappa shape index (κ1) is 11.2. The molecule has 6 heteroatoms. The molecule has 88 valence electrons. The van der Waals surface area contributed by atoms with Crippen LogP contribution in [0.15, 0.2) is 35.1 Å². The van der Waals surface area contributed by atoms with Gasteiger partial charge in [0.15, 0.2) is 5.69 Å². The second-order valence-corrected chi connectivity index (χ2v) is 3.25. The number of carbonyl (C=O) groups is 1. The monoisotopic (exact) mass is 234 g/mol. The molecule has 0 spiro atoms. The fraction of sp³-hybridized carbons (Fsp3) is 0.0909. The minimum atomic E-state index is -0.718. The van der Waals surface area contributed by atoms with Crippen molar-refractivity contribution in [3.63, 3.8) is 0 Å². The molecule has 0 radical (unpaired) electrons. The van der Waals surface area contributed by atoms with Gasteiger partial charge in [0.1, 0.15) is 12.0 Å². The Kier molecular flexibility index (Phi) is 3.06. The van der Waals surface area contributed by atoms with Crippen molar-refractivity contribution in [3.8, 4) is 16.9 Å². The number of nitrogens with zero attached hydrogens (tertiary/aromatic N) is 1. The maximum atomic E-state index is 11.3. The largest absolute Gasteiger partial charge is 0.497 e. The minimum Gasteiger partial charge on any atom is -0.497 e. The van der Waals surface area contributed by atoms with E-state index in [2.05, 4.69) is 5.16 Å². The lowest BCUT2D eigenvalue weighted by Gasteiger charge is -2.02. The SMILES string of the molecule is COc1ccc(-c2conc2C(=O)NO)cc1. The fourth-order valence-electron chi connectivity index (χ4n) is 1.43. The van der Waals surface area contributed by atoms with Gasteiger partial charge in [0.25, 0.3) is 5.91 Å². The van der Waals surface area contributed by atoms with Gasteiger partial charge in [-0.2, -0.15) is 0 Å². The number of hydroxylamine groups is 1. The summed E-state index contributed by atoms with van der Waals surface area (Å²) in [6, 6.07) is 7.03. The molecule has 17 heavy (non-hydrogen) atoms. The summed E-state index contributed by atoms with van der Waals surface area (Å²) in [5.74, 6) is -0.0112. The average molecular weight is 234 g/mol. The molecule has 1 amide bonds. The van der Waals surface area contributed by atoms with Crippen LogP contribution in [0.4, 0.5) is 0 Å². The summed E-state index contributed by atoms with van der Waals surface area (Å²) in [4.78, 5) is 11.3. The molecule has 0 saturated heterocycles. The van der Waals surface area contributed by atoms with Crippen LogP contribution >= 0.6 is 0 Å². The summed E-state index contributed by atoms with van der Waals surface area (Å²) in [7, 11) is 1.57. The third-order valence-corrected chi connectivity index (χ3v) is 2.29. The van der Waals surface area contributed by atoms with Gasteiger partial charge in [0, 0.05) is 0 Å². The molecular formula is C11H10N2O4. The average Bonchev–Trinajstić information content (AvgIpc) is 2.87. The van der Waals surface area contributed by atoms with Gasteiger partial charge in [-0.1, -0.05) is 17.3 Å². The van der Waals surface area contributed by atoms with E-state index in [9.17, 15) is 4.79 Å². The fourth-order valence-corrected chi connectivity index (χ4v) is 1.43. The van der Waals surface area contributed by atoms with Crippen molar-refractivity contribution in [1.29, 1.82) is 0 Å². The lowest BCUT2D eigenvalue weighted by Crippen LogP contribution is -2.19. The molecule has 0 aliphatic carbocycles. The van der Waals surface area contributed by atoms with Crippen molar-refractivity contribution in [2.24, 2.45) is 0 Å². The summed E-state index contributed by atoms with van der Waals surface area (Å²) in [5.41, 5.74) is 2.78. The van der Waals surface area contributed by atoms with Crippen molar-refractivity contribution in [2.75, 3.05) is 7.11 Å². The van der Waals surface area contributed by atoms with Crippen molar-refractivity contribution < 1.29 is 19.3 Å². The highest BCUT2D eigenvalue weighted by Gasteiger charge is 2.16. The van der Waals surface area contributed by atoms with Gasteiger partial charge in [-0.3, -0.25) is 10.0 Å². The second-order valence-electron chi connectivity index (χ2n) is 3.25. The van der Waals surface area contributed by atoms with E-state index in [1.54, 1.807) is 31.4 Å². The second kappa shape index (κ2) is 4.67. The van der Waals surface area contributed by atoms with Crippen LogP contribution in [0, 0.1) is 0 Å². The quantitative estimate of drug-likeness (QED) is 0.620. The molecule has 1 aromatic heterocycles. The Labute approximate surface area is 96.8 Å². The standard InChI is InChI=1S/C11H10N2O4/c1-16-8-4-2-7(3-5-8)9-6-17-13-10(9)11(14)12-15/h2-6,15H,1H3,(H,12,14). The molecule has 0 aliphatic heterocycles. The summed E-state index contributed by atoms with van der Waals surface area (Å²) in [5, 5.41) is 12.1. The van der Waals surface area contributed by atoms with Crippen molar-refractivity contribution in [2.45, 2.75) is 0 Å². The van der Waals surface area contributed by atoms with E-state index in [0.717, 1.165) is 5.56 Å². The number of aromatic nitrogens is 1. The molecule has 1 aromatic carbocycles. The van der Waals surface area contributed by atoms with Crippen molar-refractivity contribution in [1.82, 2.24) is 10.6 Å². The molecule has 0 aliphatic rings. The third kappa shape index (κ3) is 2.11. The lowest BCUT2D eigenvalue weighted by molar-refractivity contribution is 0.0697. The molecule has 6 nitrogen and oxygen atoms in total. The van der Waals surface area contributed by atoms with Crippen LogP contribution in [0.5, 0.6) is 5.75 Å². The van der Waals surface area contributed by atoms with Crippen molar-refractivity contribution >= 4 is 5.91 Å². The third-order valence-electron chi connectivity index (χ3n) is 2.29. The lowest BCUT2D eigenvalue weighted by atomic mass is 10.1. The van der Waals surface area contributed by atoms with E-state index >= 15 is 0 Å². The number of hydrogen-bond donors (Lipinski definition) is 2. The van der Waals surface area contributed by atoms with Crippen LogP contribution in [-0.4, -0.2) is 23.4 Å². The van der Waals surface area contributed by atoms with E-state index in [4.69, 9.17) is 14.5 Å². The van der Waals surface area contributed by atoms with Gasteiger partial charge in [0.05, 0.1) is 12.7 Å². The van der Waals surface area contributed by atoms with Crippen LogP contribution in [0.3, 0.4) is 0 Å². The first-order valence-corrected chi connectivity index (χ1v) is 4.79.